The first-order chi connectivity index (χ1) is 9.25. The molecule has 6 nitrogen and oxygen atoms in total. The van der Waals surface area contributed by atoms with Crippen molar-refractivity contribution in [1.82, 2.24) is 19.6 Å². The van der Waals surface area contributed by atoms with Crippen molar-refractivity contribution >= 4 is 16.6 Å². The number of aryl methyl sites for hydroxylation is 1. The van der Waals surface area contributed by atoms with Gasteiger partial charge in [0.05, 0.1) is 12.7 Å². The van der Waals surface area contributed by atoms with Crippen molar-refractivity contribution in [3.05, 3.63) is 53.1 Å². The molecule has 96 valence electrons. The molecule has 19 heavy (non-hydrogen) atoms. The fourth-order valence-electron chi connectivity index (χ4n) is 2.10. The summed E-state index contributed by atoms with van der Waals surface area (Å²) in [5, 5.41) is 9.13. The molecule has 0 bridgehead atoms. The third-order valence-electron chi connectivity index (χ3n) is 3.08. The Morgan fingerprint density at radius 1 is 1.21 bits per heavy atom. The maximum Gasteiger partial charge on any atom is 0.260 e. The summed E-state index contributed by atoms with van der Waals surface area (Å²) in [6.07, 6.45) is 3.36. The van der Waals surface area contributed by atoms with Crippen LogP contribution in [0.4, 0.5) is 5.82 Å². The molecule has 2 N–H and O–H groups in total. The highest BCUT2D eigenvalue weighted by Gasteiger charge is 2.06. The Morgan fingerprint density at radius 3 is 2.84 bits per heavy atom. The molecule has 0 aliphatic carbocycles. The Hall–Kier alpha value is -2.63. The number of pyridine rings is 1. The van der Waals surface area contributed by atoms with E-state index in [0.29, 0.717) is 24.3 Å². The number of hydrogen-bond acceptors (Lipinski definition) is 4. The van der Waals surface area contributed by atoms with Gasteiger partial charge in [0.1, 0.15) is 5.82 Å². The zero-order valence-corrected chi connectivity index (χ0v) is 10.2. The molecule has 6 heteroatoms. The van der Waals surface area contributed by atoms with Gasteiger partial charge in [-0.05, 0) is 17.5 Å². The van der Waals surface area contributed by atoms with Gasteiger partial charge in [0, 0.05) is 18.1 Å². The molecule has 0 amide bonds. The lowest BCUT2D eigenvalue weighted by atomic mass is 10.1. The second-order valence-corrected chi connectivity index (χ2v) is 4.28. The third kappa shape index (κ3) is 2.08. The van der Waals surface area contributed by atoms with E-state index in [-0.39, 0.29) is 5.56 Å². The summed E-state index contributed by atoms with van der Waals surface area (Å²) in [6.45, 7) is 1.03. The Kier molecular flexibility index (Phi) is 2.75. The Balaban J connectivity index is 2.01. The van der Waals surface area contributed by atoms with Crippen LogP contribution in [0.1, 0.15) is 0 Å². The summed E-state index contributed by atoms with van der Waals surface area (Å²) in [7, 11) is 0. The molecule has 3 aromatic rings. The SMILES string of the molecule is Nc1cc2ccccc2c(=O)n1CCn1ccnn1. The Labute approximate surface area is 109 Å². The van der Waals surface area contributed by atoms with Crippen molar-refractivity contribution in [2.75, 3.05) is 5.73 Å². The van der Waals surface area contributed by atoms with Gasteiger partial charge in [-0.3, -0.25) is 14.0 Å². The van der Waals surface area contributed by atoms with Gasteiger partial charge in [0.15, 0.2) is 0 Å². The standard InChI is InChI=1S/C13H13N5O/c14-12-9-10-3-1-2-4-11(10)13(19)18(12)8-7-17-6-5-15-16-17/h1-6,9H,7-8,14H2. The van der Waals surface area contributed by atoms with E-state index in [2.05, 4.69) is 10.3 Å². The van der Waals surface area contributed by atoms with E-state index in [1.165, 1.54) is 0 Å². The van der Waals surface area contributed by atoms with Crippen molar-refractivity contribution < 1.29 is 0 Å². The van der Waals surface area contributed by atoms with Crippen LogP contribution in [0.15, 0.2) is 47.5 Å². The van der Waals surface area contributed by atoms with Crippen LogP contribution in [0.2, 0.25) is 0 Å². The highest BCUT2D eigenvalue weighted by molar-refractivity contribution is 5.83. The molecule has 0 atom stereocenters. The van der Waals surface area contributed by atoms with E-state index in [1.54, 1.807) is 21.6 Å². The van der Waals surface area contributed by atoms with Gasteiger partial charge in [-0.1, -0.05) is 23.4 Å². The Morgan fingerprint density at radius 2 is 2.05 bits per heavy atom. The number of nitrogens with zero attached hydrogens (tertiary/aromatic N) is 4. The number of rotatable bonds is 3. The van der Waals surface area contributed by atoms with E-state index >= 15 is 0 Å². The lowest BCUT2D eigenvalue weighted by molar-refractivity contribution is 0.516. The first kappa shape index (κ1) is 11.5. The molecule has 0 aliphatic rings. The van der Waals surface area contributed by atoms with Crippen LogP contribution in [0.25, 0.3) is 10.8 Å². The molecule has 0 saturated heterocycles. The zero-order valence-electron chi connectivity index (χ0n) is 10.2. The second-order valence-electron chi connectivity index (χ2n) is 4.28. The summed E-state index contributed by atoms with van der Waals surface area (Å²) in [6, 6.07) is 9.25. The first-order valence-corrected chi connectivity index (χ1v) is 5.98. The van der Waals surface area contributed by atoms with Crippen molar-refractivity contribution in [1.29, 1.82) is 0 Å². The average Bonchev–Trinajstić information content (AvgIpc) is 2.92. The van der Waals surface area contributed by atoms with E-state index in [4.69, 9.17) is 5.73 Å². The molecular weight excluding hydrogens is 242 g/mol. The maximum absolute atomic E-state index is 12.3. The minimum atomic E-state index is -0.0734. The van der Waals surface area contributed by atoms with Crippen LogP contribution < -0.4 is 11.3 Å². The van der Waals surface area contributed by atoms with Crippen molar-refractivity contribution in [2.24, 2.45) is 0 Å². The lowest BCUT2D eigenvalue weighted by Gasteiger charge is -2.10. The number of nitrogens with two attached hydrogens (primary N) is 1. The molecule has 0 radical (unpaired) electrons. The van der Waals surface area contributed by atoms with Crippen LogP contribution in [-0.4, -0.2) is 19.6 Å². The Bertz CT molecular complexity index is 760. The zero-order chi connectivity index (χ0) is 13.2. The predicted molar refractivity (Wildman–Crippen MR) is 72.6 cm³/mol. The molecule has 2 aromatic heterocycles. The highest BCUT2D eigenvalue weighted by Crippen LogP contribution is 2.13. The van der Waals surface area contributed by atoms with Gasteiger partial charge in [0.2, 0.25) is 0 Å². The number of benzene rings is 1. The van der Waals surface area contributed by atoms with Crippen molar-refractivity contribution in [2.45, 2.75) is 13.1 Å². The molecule has 2 heterocycles. The molecule has 0 fully saturated rings. The van der Waals surface area contributed by atoms with Gasteiger partial charge >= 0.3 is 0 Å². The number of hydrogen-bond donors (Lipinski definition) is 1. The van der Waals surface area contributed by atoms with Gasteiger partial charge in [0.25, 0.3) is 5.56 Å². The fraction of sp³-hybridized carbons (Fsp3) is 0.154. The molecule has 0 spiro atoms. The number of fused-ring (bicyclic) bond motifs is 1. The molecular formula is C13H13N5O. The minimum absolute atomic E-state index is 0.0734. The number of nitrogen functional groups attached to an aromatic ring is 1. The van der Waals surface area contributed by atoms with Crippen LogP contribution >= 0.6 is 0 Å². The minimum Gasteiger partial charge on any atom is -0.385 e. The fourth-order valence-corrected chi connectivity index (χ4v) is 2.10. The summed E-state index contributed by atoms with van der Waals surface area (Å²) in [5.41, 5.74) is 5.87. The van der Waals surface area contributed by atoms with E-state index < -0.39 is 0 Å². The number of anilines is 1. The third-order valence-corrected chi connectivity index (χ3v) is 3.08. The smallest absolute Gasteiger partial charge is 0.260 e. The van der Waals surface area contributed by atoms with E-state index in [1.807, 2.05) is 30.3 Å². The molecule has 1 aromatic carbocycles. The second kappa shape index (κ2) is 4.56. The summed E-state index contributed by atoms with van der Waals surface area (Å²) >= 11 is 0. The first-order valence-electron chi connectivity index (χ1n) is 5.98. The number of aromatic nitrogens is 4. The predicted octanol–water partition coefficient (Wildman–Crippen LogP) is 0.875. The normalized spacial score (nSPS) is 10.9. The van der Waals surface area contributed by atoms with E-state index in [9.17, 15) is 4.79 Å². The summed E-state index contributed by atoms with van der Waals surface area (Å²) < 4.78 is 3.23. The summed E-state index contributed by atoms with van der Waals surface area (Å²) in [4.78, 5) is 12.3. The van der Waals surface area contributed by atoms with Crippen LogP contribution in [-0.2, 0) is 13.1 Å². The monoisotopic (exact) mass is 255 g/mol. The molecule has 3 rings (SSSR count). The molecule has 0 unspecified atom stereocenters. The van der Waals surface area contributed by atoms with Gasteiger partial charge < -0.3 is 5.73 Å². The highest BCUT2D eigenvalue weighted by atomic mass is 16.1. The van der Waals surface area contributed by atoms with Gasteiger partial charge in [-0.15, -0.1) is 5.10 Å². The molecule has 0 aliphatic heterocycles. The lowest BCUT2D eigenvalue weighted by Crippen LogP contribution is -2.25. The van der Waals surface area contributed by atoms with Crippen molar-refractivity contribution in [3.63, 3.8) is 0 Å². The van der Waals surface area contributed by atoms with E-state index in [0.717, 1.165) is 5.39 Å². The van der Waals surface area contributed by atoms with Crippen LogP contribution in [0.5, 0.6) is 0 Å². The average molecular weight is 255 g/mol. The van der Waals surface area contributed by atoms with Crippen LogP contribution in [0, 0.1) is 0 Å². The van der Waals surface area contributed by atoms with Gasteiger partial charge in [-0.25, -0.2) is 0 Å². The largest absolute Gasteiger partial charge is 0.385 e. The topological polar surface area (TPSA) is 78.7 Å². The van der Waals surface area contributed by atoms with Crippen LogP contribution in [0.3, 0.4) is 0 Å². The quantitative estimate of drug-likeness (QED) is 0.753. The molecule has 0 saturated carbocycles. The maximum atomic E-state index is 12.3. The summed E-state index contributed by atoms with van der Waals surface area (Å²) in [5.74, 6) is 0.462. The van der Waals surface area contributed by atoms with Gasteiger partial charge in [-0.2, -0.15) is 0 Å². The van der Waals surface area contributed by atoms with Crippen molar-refractivity contribution in [3.8, 4) is 0 Å².